The number of hydrogen-bond acceptors (Lipinski definition) is 5. The first-order valence-electron chi connectivity index (χ1n) is 9.08. The van der Waals surface area contributed by atoms with Crippen molar-refractivity contribution in [3.8, 4) is 0 Å². The van der Waals surface area contributed by atoms with Gasteiger partial charge in [0.25, 0.3) is 5.91 Å². The van der Waals surface area contributed by atoms with Crippen LogP contribution in [0, 0.1) is 0 Å². The molecule has 8 nitrogen and oxygen atoms in total. The molecule has 0 fully saturated rings. The van der Waals surface area contributed by atoms with Gasteiger partial charge in [0.05, 0.1) is 20.5 Å². The third-order valence-corrected chi connectivity index (χ3v) is 8.59. The van der Waals surface area contributed by atoms with Crippen LogP contribution in [0.25, 0.3) is 0 Å². The Balaban J connectivity index is 2.39. The molecule has 0 aliphatic rings. The molecule has 0 saturated carbocycles. The minimum atomic E-state index is -3.74. The summed E-state index contributed by atoms with van der Waals surface area (Å²) in [6, 6.07) is 9.58. The first kappa shape index (κ1) is 24.3. The van der Waals surface area contributed by atoms with E-state index in [1.807, 2.05) is 0 Å². The topological polar surface area (TPSA) is 104 Å². The second kappa shape index (κ2) is 9.44. The zero-order valence-electron chi connectivity index (χ0n) is 17.1. The van der Waals surface area contributed by atoms with Crippen molar-refractivity contribution in [2.75, 3.05) is 32.5 Å². The molecule has 0 heterocycles. The number of halogens is 1. The van der Waals surface area contributed by atoms with Crippen LogP contribution >= 0.6 is 11.6 Å². The minimum absolute atomic E-state index is 0.00478. The SMILES string of the molecule is CCN(CC)S(=O)(=O)c1ccc(Cl)c(NC(=O)c2cccc(S(=O)(=O)N(C)C)c2)c1. The van der Waals surface area contributed by atoms with Crippen molar-refractivity contribution in [2.24, 2.45) is 0 Å². The molecule has 30 heavy (non-hydrogen) atoms. The monoisotopic (exact) mass is 473 g/mol. The van der Waals surface area contributed by atoms with Gasteiger partial charge in [0.2, 0.25) is 20.0 Å². The van der Waals surface area contributed by atoms with Crippen LogP contribution in [0.5, 0.6) is 0 Å². The van der Waals surface area contributed by atoms with Gasteiger partial charge in [-0.05, 0) is 36.4 Å². The van der Waals surface area contributed by atoms with E-state index >= 15 is 0 Å². The summed E-state index contributed by atoms with van der Waals surface area (Å²) in [6.07, 6.45) is 0. The lowest BCUT2D eigenvalue weighted by Gasteiger charge is -2.19. The largest absolute Gasteiger partial charge is 0.321 e. The predicted octanol–water partition coefficient (Wildman–Crippen LogP) is 2.87. The fraction of sp³-hybridized carbons (Fsp3) is 0.316. The summed E-state index contributed by atoms with van der Waals surface area (Å²) in [5, 5.41) is 2.71. The fourth-order valence-electron chi connectivity index (χ4n) is 2.68. The lowest BCUT2D eigenvalue weighted by molar-refractivity contribution is 0.102. The second-order valence-electron chi connectivity index (χ2n) is 6.50. The predicted molar refractivity (Wildman–Crippen MR) is 117 cm³/mol. The molecule has 0 radical (unpaired) electrons. The van der Waals surface area contributed by atoms with E-state index in [4.69, 9.17) is 11.6 Å². The molecular weight excluding hydrogens is 450 g/mol. The lowest BCUT2D eigenvalue weighted by Crippen LogP contribution is -2.30. The number of carbonyl (C=O) groups is 1. The smallest absolute Gasteiger partial charge is 0.255 e. The summed E-state index contributed by atoms with van der Waals surface area (Å²) < 4.78 is 52.4. The quantitative estimate of drug-likeness (QED) is 0.634. The second-order valence-corrected chi connectivity index (χ2v) is 11.0. The third-order valence-electron chi connectivity index (χ3n) is 4.40. The first-order chi connectivity index (χ1) is 13.9. The number of rotatable bonds is 8. The number of carbonyl (C=O) groups excluding carboxylic acids is 1. The molecule has 0 aliphatic heterocycles. The third kappa shape index (κ3) is 5.01. The fourth-order valence-corrected chi connectivity index (χ4v) is 5.27. The average molecular weight is 474 g/mol. The van der Waals surface area contributed by atoms with Crippen LogP contribution in [0.1, 0.15) is 24.2 Å². The van der Waals surface area contributed by atoms with Gasteiger partial charge in [0, 0.05) is 32.7 Å². The van der Waals surface area contributed by atoms with Gasteiger partial charge in [0.1, 0.15) is 0 Å². The van der Waals surface area contributed by atoms with Crippen molar-refractivity contribution >= 4 is 43.2 Å². The molecule has 164 valence electrons. The van der Waals surface area contributed by atoms with Crippen LogP contribution < -0.4 is 5.32 Å². The zero-order valence-corrected chi connectivity index (χ0v) is 19.5. The van der Waals surface area contributed by atoms with Crippen LogP contribution in [-0.2, 0) is 20.0 Å². The Morgan fingerprint density at radius 2 is 1.53 bits per heavy atom. The lowest BCUT2D eigenvalue weighted by atomic mass is 10.2. The van der Waals surface area contributed by atoms with E-state index in [1.165, 1.54) is 60.9 Å². The Morgan fingerprint density at radius 1 is 0.933 bits per heavy atom. The molecule has 2 aromatic rings. The normalized spacial score (nSPS) is 12.4. The van der Waals surface area contributed by atoms with Crippen molar-refractivity contribution in [1.29, 1.82) is 0 Å². The molecule has 0 aliphatic carbocycles. The van der Waals surface area contributed by atoms with E-state index in [-0.39, 0.29) is 26.1 Å². The maximum Gasteiger partial charge on any atom is 0.255 e. The molecule has 0 unspecified atom stereocenters. The summed E-state index contributed by atoms with van der Waals surface area (Å²) >= 11 is 6.14. The summed E-state index contributed by atoms with van der Waals surface area (Å²) in [5.41, 5.74) is 0.196. The standard InChI is InChI=1S/C19H24ClN3O5S2/c1-5-23(6-2)30(27,28)16-10-11-17(20)18(13-16)21-19(24)14-8-7-9-15(12-14)29(25,26)22(3)4/h7-13H,5-6H2,1-4H3,(H,21,24). The van der Waals surface area contributed by atoms with Crippen LogP contribution in [0.2, 0.25) is 5.02 Å². The van der Waals surface area contributed by atoms with Crippen molar-refractivity contribution in [1.82, 2.24) is 8.61 Å². The summed E-state index contributed by atoms with van der Waals surface area (Å²) in [6.45, 7) is 4.06. The van der Waals surface area contributed by atoms with Crippen LogP contribution in [0.3, 0.4) is 0 Å². The van der Waals surface area contributed by atoms with E-state index in [0.29, 0.717) is 13.1 Å². The number of amides is 1. The van der Waals surface area contributed by atoms with E-state index in [2.05, 4.69) is 5.32 Å². The van der Waals surface area contributed by atoms with E-state index in [0.717, 1.165) is 4.31 Å². The maximum atomic E-state index is 12.7. The number of anilines is 1. The van der Waals surface area contributed by atoms with Crippen LogP contribution in [0.15, 0.2) is 52.3 Å². The number of benzene rings is 2. The maximum absolute atomic E-state index is 12.7. The van der Waals surface area contributed by atoms with Crippen molar-refractivity contribution in [3.05, 3.63) is 53.1 Å². The summed E-state index contributed by atoms with van der Waals surface area (Å²) in [7, 11) is -4.67. The van der Waals surface area contributed by atoms with Crippen molar-refractivity contribution in [3.63, 3.8) is 0 Å². The molecule has 0 spiro atoms. The molecule has 11 heteroatoms. The van der Waals surface area contributed by atoms with Crippen LogP contribution in [0.4, 0.5) is 5.69 Å². The molecule has 2 rings (SSSR count). The highest BCUT2D eigenvalue weighted by molar-refractivity contribution is 7.89. The highest BCUT2D eigenvalue weighted by atomic mass is 35.5. The molecular formula is C19H24ClN3O5S2. The first-order valence-corrected chi connectivity index (χ1v) is 12.3. The summed E-state index contributed by atoms with van der Waals surface area (Å²) in [5.74, 6) is -0.620. The van der Waals surface area contributed by atoms with Gasteiger partial charge in [-0.2, -0.15) is 4.31 Å². The highest BCUT2D eigenvalue weighted by Gasteiger charge is 2.23. The van der Waals surface area contributed by atoms with Gasteiger partial charge >= 0.3 is 0 Å². The van der Waals surface area contributed by atoms with Crippen molar-refractivity contribution in [2.45, 2.75) is 23.6 Å². The Bertz CT molecular complexity index is 1140. The van der Waals surface area contributed by atoms with Gasteiger partial charge in [0.15, 0.2) is 0 Å². The Hall–Kier alpha value is -1.98. The van der Waals surface area contributed by atoms with Gasteiger partial charge in [-0.1, -0.05) is 31.5 Å². The summed E-state index contributed by atoms with van der Waals surface area (Å²) in [4.78, 5) is 12.6. The molecule has 1 N–H and O–H groups in total. The number of hydrogen-bond donors (Lipinski definition) is 1. The van der Waals surface area contributed by atoms with Gasteiger partial charge < -0.3 is 5.32 Å². The average Bonchev–Trinajstić information content (AvgIpc) is 2.70. The van der Waals surface area contributed by atoms with Crippen molar-refractivity contribution < 1.29 is 21.6 Å². The van der Waals surface area contributed by atoms with E-state index < -0.39 is 26.0 Å². The van der Waals surface area contributed by atoms with E-state index in [9.17, 15) is 21.6 Å². The molecule has 1 amide bonds. The number of nitrogens with one attached hydrogen (secondary N) is 1. The Labute approximate surface area is 182 Å². The molecule has 0 saturated heterocycles. The molecule has 0 atom stereocenters. The zero-order chi connectivity index (χ0) is 22.7. The highest BCUT2D eigenvalue weighted by Crippen LogP contribution is 2.27. The molecule has 0 bridgehead atoms. The Morgan fingerprint density at radius 3 is 2.10 bits per heavy atom. The van der Waals surface area contributed by atoms with Gasteiger partial charge in [-0.3, -0.25) is 4.79 Å². The van der Waals surface area contributed by atoms with Gasteiger partial charge in [-0.15, -0.1) is 0 Å². The van der Waals surface area contributed by atoms with Crippen LogP contribution in [-0.4, -0.2) is 58.5 Å². The Kier molecular flexibility index (Phi) is 7.64. The number of sulfonamides is 2. The number of nitrogens with zero attached hydrogens (tertiary/aromatic N) is 2. The molecule has 2 aromatic carbocycles. The minimum Gasteiger partial charge on any atom is -0.321 e. The van der Waals surface area contributed by atoms with Gasteiger partial charge in [-0.25, -0.2) is 21.1 Å². The van der Waals surface area contributed by atoms with E-state index in [1.54, 1.807) is 13.8 Å². The molecule has 0 aromatic heterocycles.